The van der Waals surface area contributed by atoms with Crippen LogP contribution in [0.25, 0.3) is 0 Å². The maximum Gasteiger partial charge on any atom is 0.325 e. The molecule has 156 valence electrons. The second-order valence-electron chi connectivity index (χ2n) is 8.04. The fraction of sp³-hybridized carbons (Fsp3) is 0.526. The number of imide groups is 1. The van der Waals surface area contributed by atoms with E-state index >= 15 is 0 Å². The molecule has 2 saturated heterocycles. The first-order valence-electron chi connectivity index (χ1n) is 9.52. The molecule has 2 unspecified atom stereocenters. The van der Waals surface area contributed by atoms with Crippen molar-refractivity contribution in [2.45, 2.75) is 43.8 Å². The minimum atomic E-state index is -3.15. The number of halogens is 1. The number of hydrogen-bond donors (Lipinski definition) is 1. The van der Waals surface area contributed by atoms with Crippen LogP contribution >= 0.6 is 11.6 Å². The minimum absolute atomic E-state index is 0.00999. The van der Waals surface area contributed by atoms with Crippen molar-refractivity contribution >= 4 is 39.3 Å². The van der Waals surface area contributed by atoms with Gasteiger partial charge in [-0.15, -0.1) is 0 Å². The Morgan fingerprint density at radius 1 is 1.21 bits per heavy atom. The largest absolute Gasteiger partial charge is 0.334 e. The van der Waals surface area contributed by atoms with Crippen LogP contribution < -0.4 is 5.32 Å². The highest BCUT2D eigenvalue weighted by Gasteiger charge is 2.51. The third-order valence-corrected chi connectivity index (χ3v) is 7.82. The Hall–Kier alpha value is -2.13. The van der Waals surface area contributed by atoms with Crippen LogP contribution in [0.1, 0.15) is 31.7 Å². The van der Waals surface area contributed by atoms with E-state index in [2.05, 4.69) is 5.32 Å². The number of sulfone groups is 1. The van der Waals surface area contributed by atoms with Crippen molar-refractivity contribution in [1.29, 1.82) is 0 Å². The van der Waals surface area contributed by atoms with Gasteiger partial charge >= 0.3 is 6.03 Å². The molecule has 0 radical (unpaired) electrons. The summed E-state index contributed by atoms with van der Waals surface area (Å²) in [7, 11) is -3.15. The Kier molecular flexibility index (Phi) is 4.85. The van der Waals surface area contributed by atoms with E-state index in [1.807, 2.05) is 0 Å². The monoisotopic (exact) mass is 439 g/mol. The lowest BCUT2D eigenvalue weighted by Crippen LogP contribution is -2.49. The number of hydrogen-bond acceptors (Lipinski definition) is 5. The Balaban J connectivity index is 1.52. The van der Waals surface area contributed by atoms with Crippen LogP contribution in [0, 0.1) is 0 Å². The molecule has 0 aromatic heterocycles. The van der Waals surface area contributed by atoms with E-state index in [0.29, 0.717) is 17.0 Å². The van der Waals surface area contributed by atoms with Crippen molar-refractivity contribution < 1.29 is 22.8 Å². The third kappa shape index (κ3) is 3.73. The number of amides is 4. The van der Waals surface area contributed by atoms with E-state index in [-0.39, 0.29) is 23.6 Å². The van der Waals surface area contributed by atoms with Crippen molar-refractivity contribution in [2.24, 2.45) is 0 Å². The van der Waals surface area contributed by atoms with E-state index in [4.69, 9.17) is 11.6 Å². The van der Waals surface area contributed by atoms with E-state index < -0.39 is 39.8 Å². The van der Waals surface area contributed by atoms with Crippen LogP contribution in [0.2, 0.25) is 5.02 Å². The average Bonchev–Trinajstić information content (AvgIpc) is 3.37. The summed E-state index contributed by atoms with van der Waals surface area (Å²) in [4.78, 5) is 41.0. The molecular weight excluding hydrogens is 418 g/mol. The van der Waals surface area contributed by atoms with E-state index in [0.717, 1.165) is 17.7 Å². The van der Waals surface area contributed by atoms with Crippen LogP contribution in [-0.2, 0) is 25.0 Å². The molecule has 4 rings (SSSR count). The van der Waals surface area contributed by atoms with Gasteiger partial charge in [0.15, 0.2) is 9.84 Å². The summed E-state index contributed by atoms with van der Waals surface area (Å²) >= 11 is 5.90. The van der Waals surface area contributed by atoms with Crippen molar-refractivity contribution in [1.82, 2.24) is 15.1 Å². The zero-order valence-corrected chi connectivity index (χ0v) is 17.5. The van der Waals surface area contributed by atoms with Crippen molar-refractivity contribution in [3.63, 3.8) is 0 Å². The van der Waals surface area contributed by atoms with Crippen LogP contribution in [0.15, 0.2) is 24.3 Å². The lowest BCUT2D eigenvalue weighted by molar-refractivity contribution is -0.140. The van der Waals surface area contributed by atoms with Gasteiger partial charge in [0.25, 0.3) is 5.91 Å². The molecule has 0 bridgehead atoms. The summed E-state index contributed by atoms with van der Waals surface area (Å²) in [6.07, 6.45) is 2.02. The van der Waals surface area contributed by atoms with Gasteiger partial charge in [-0.2, -0.15) is 0 Å². The number of benzene rings is 1. The van der Waals surface area contributed by atoms with Crippen LogP contribution in [-0.4, -0.2) is 66.2 Å². The highest BCUT2D eigenvalue weighted by molar-refractivity contribution is 7.91. The molecule has 10 heteroatoms. The van der Waals surface area contributed by atoms with Crippen LogP contribution in [0.3, 0.4) is 0 Å². The summed E-state index contributed by atoms with van der Waals surface area (Å²) in [5.41, 5.74) is -0.723. The average molecular weight is 440 g/mol. The number of carbonyl (C=O) groups is 3. The Bertz CT molecular complexity index is 976. The van der Waals surface area contributed by atoms with Gasteiger partial charge in [-0.1, -0.05) is 23.7 Å². The molecular formula is C19H22ClN3O5S. The molecule has 1 aliphatic carbocycles. The highest BCUT2D eigenvalue weighted by Crippen LogP contribution is 2.34. The maximum atomic E-state index is 13.0. The number of rotatable bonds is 5. The Morgan fingerprint density at radius 2 is 1.86 bits per heavy atom. The lowest BCUT2D eigenvalue weighted by atomic mass is 9.92. The predicted octanol–water partition coefficient (Wildman–Crippen LogP) is 1.29. The second-order valence-corrected chi connectivity index (χ2v) is 10.7. The summed E-state index contributed by atoms with van der Waals surface area (Å²) in [6, 6.07) is 5.54. The molecule has 2 heterocycles. The van der Waals surface area contributed by atoms with E-state index in [9.17, 15) is 22.8 Å². The standard InChI is InChI=1S/C19H22ClN3O5S/c1-19(12-2-4-13(20)5-3-12)17(25)22(18(26)21-19)10-16(24)23(14-6-7-14)15-8-9-29(27,28)11-15/h2-5,14-15H,6-11H2,1H3,(H,21,26). The molecule has 29 heavy (non-hydrogen) atoms. The molecule has 1 aromatic rings. The van der Waals surface area contributed by atoms with Gasteiger partial charge in [0.05, 0.1) is 11.5 Å². The van der Waals surface area contributed by atoms with E-state index in [1.54, 1.807) is 36.1 Å². The van der Waals surface area contributed by atoms with Gasteiger partial charge in [0, 0.05) is 17.1 Å². The normalized spacial score (nSPS) is 28.5. The highest BCUT2D eigenvalue weighted by atomic mass is 35.5. The van der Waals surface area contributed by atoms with Gasteiger partial charge in [-0.05, 0) is 43.9 Å². The SMILES string of the molecule is CC1(c2ccc(Cl)cc2)NC(=O)N(CC(=O)N(C2CC2)C2CCS(=O)(=O)C2)C1=O. The third-order valence-electron chi connectivity index (χ3n) is 5.82. The van der Waals surface area contributed by atoms with Gasteiger partial charge in [0.2, 0.25) is 5.91 Å². The molecule has 4 amide bonds. The topological polar surface area (TPSA) is 104 Å². The molecule has 3 fully saturated rings. The van der Waals surface area contributed by atoms with Gasteiger partial charge < -0.3 is 10.2 Å². The molecule has 0 spiro atoms. The number of nitrogens with one attached hydrogen (secondary N) is 1. The van der Waals surface area contributed by atoms with Gasteiger partial charge in [0.1, 0.15) is 12.1 Å². The van der Waals surface area contributed by atoms with Crippen molar-refractivity contribution in [3.8, 4) is 0 Å². The Labute approximate surface area is 174 Å². The predicted molar refractivity (Wildman–Crippen MR) is 106 cm³/mol. The first kappa shape index (κ1) is 20.2. The number of urea groups is 1. The lowest BCUT2D eigenvalue weighted by Gasteiger charge is -2.30. The molecule has 2 atom stereocenters. The summed E-state index contributed by atoms with van der Waals surface area (Å²) in [5.74, 6) is -0.907. The number of nitrogens with zero attached hydrogens (tertiary/aromatic N) is 2. The first-order valence-corrected chi connectivity index (χ1v) is 11.7. The van der Waals surface area contributed by atoms with Crippen molar-refractivity contribution in [2.75, 3.05) is 18.1 Å². The van der Waals surface area contributed by atoms with Crippen LogP contribution in [0.5, 0.6) is 0 Å². The first-order chi connectivity index (χ1) is 13.6. The molecule has 8 nitrogen and oxygen atoms in total. The second kappa shape index (κ2) is 6.98. The number of carbonyl (C=O) groups excluding carboxylic acids is 3. The zero-order chi connectivity index (χ0) is 21.0. The van der Waals surface area contributed by atoms with Crippen LogP contribution in [0.4, 0.5) is 4.79 Å². The van der Waals surface area contributed by atoms with Gasteiger partial charge in [-0.25, -0.2) is 13.2 Å². The quantitative estimate of drug-likeness (QED) is 0.696. The minimum Gasteiger partial charge on any atom is -0.334 e. The smallest absolute Gasteiger partial charge is 0.325 e. The maximum absolute atomic E-state index is 13.0. The fourth-order valence-corrected chi connectivity index (χ4v) is 5.93. The molecule has 1 aromatic carbocycles. The summed E-state index contributed by atoms with van der Waals surface area (Å²) < 4.78 is 23.7. The van der Waals surface area contributed by atoms with E-state index in [1.165, 1.54) is 0 Å². The summed E-state index contributed by atoms with van der Waals surface area (Å²) in [6.45, 7) is 1.18. The molecule has 2 aliphatic heterocycles. The van der Waals surface area contributed by atoms with Crippen molar-refractivity contribution in [3.05, 3.63) is 34.9 Å². The fourth-order valence-electron chi connectivity index (χ4n) is 4.09. The summed E-state index contributed by atoms with van der Waals surface area (Å²) in [5, 5.41) is 3.17. The molecule has 1 N–H and O–H groups in total. The molecule has 1 saturated carbocycles. The molecule has 3 aliphatic rings. The van der Waals surface area contributed by atoms with Gasteiger partial charge in [-0.3, -0.25) is 14.5 Å². The Morgan fingerprint density at radius 3 is 2.41 bits per heavy atom. The zero-order valence-electron chi connectivity index (χ0n) is 15.9.